The van der Waals surface area contributed by atoms with Gasteiger partial charge in [0, 0.05) is 20.1 Å². The molecule has 0 aliphatic rings. The highest BCUT2D eigenvalue weighted by Crippen LogP contribution is 2.15. The Balaban J connectivity index is 1.20. The zero-order valence-electron chi connectivity index (χ0n) is 19.7. The van der Waals surface area contributed by atoms with Gasteiger partial charge in [0.25, 0.3) is 5.56 Å². The van der Waals surface area contributed by atoms with Gasteiger partial charge in [-0.3, -0.25) is 19.1 Å². The summed E-state index contributed by atoms with van der Waals surface area (Å²) >= 11 is 1.21. The second-order valence-electron chi connectivity index (χ2n) is 8.11. The fourth-order valence-electron chi connectivity index (χ4n) is 3.84. The van der Waals surface area contributed by atoms with Crippen LogP contribution in [0.3, 0.4) is 0 Å². The first-order valence-corrected chi connectivity index (χ1v) is 12.5. The number of carbonyl (C=O) groups is 2. The van der Waals surface area contributed by atoms with E-state index >= 15 is 0 Å². The maximum atomic E-state index is 12.9. The zero-order chi connectivity index (χ0) is 24.8. The number of thioether (sulfide) groups is 1. The van der Waals surface area contributed by atoms with Crippen molar-refractivity contribution in [1.29, 1.82) is 0 Å². The number of carbonyl (C=O) groups excluding carboxylic acids is 2. The molecule has 2 heterocycles. The molecular weight excluding hydrogens is 464 g/mol. The number of hydrogen-bond acceptors (Lipinski definition) is 5. The Morgan fingerprint density at radius 1 is 1.00 bits per heavy atom. The predicted octanol–water partition coefficient (Wildman–Crippen LogP) is 2.71. The number of benzene rings is 2. The van der Waals surface area contributed by atoms with Gasteiger partial charge in [-0.25, -0.2) is 9.67 Å². The van der Waals surface area contributed by atoms with Crippen LogP contribution in [0.15, 0.2) is 65.7 Å². The number of para-hydroxylation sites is 3. The molecule has 0 radical (unpaired) electrons. The SMILES string of the molecule is Cc1c(NC(=O)CSCC(=O)NCCCn2cnc3ccccc32)c(=O)n(-c2ccccc2)n1C. The van der Waals surface area contributed by atoms with E-state index in [1.807, 2.05) is 60.9 Å². The van der Waals surface area contributed by atoms with Crippen LogP contribution in [0.4, 0.5) is 5.69 Å². The van der Waals surface area contributed by atoms with Gasteiger partial charge in [0.05, 0.1) is 40.2 Å². The third-order valence-electron chi connectivity index (χ3n) is 5.71. The number of nitrogens with zero attached hydrogens (tertiary/aromatic N) is 4. The van der Waals surface area contributed by atoms with Gasteiger partial charge in [0.15, 0.2) is 0 Å². The molecule has 0 saturated heterocycles. The van der Waals surface area contributed by atoms with E-state index in [-0.39, 0.29) is 34.6 Å². The van der Waals surface area contributed by atoms with E-state index in [9.17, 15) is 14.4 Å². The van der Waals surface area contributed by atoms with Crippen LogP contribution in [-0.2, 0) is 23.2 Å². The summed E-state index contributed by atoms with van der Waals surface area (Å²) in [6.07, 6.45) is 2.59. The van der Waals surface area contributed by atoms with Gasteiger partial charge < -0.3 is 15.2 Å². The topological polar surface area (TPSA) is 103 Å². The Hall–Kier alpha value is -3.79. The van der Waals surface area contributed by atoms with Crippen molar-refractivity contribution in [1.82, 2.24) is 24.2 Å². The third-order valence-corrected chi connectivity index (χ3v) is 6.64. The molecule has 0 atom stereocenters. The molecule has 2 aromatic carbocycles. The second kappa shape index (κ2) is 11.1. The number of imidazole rings is 1. The number of fused-ring (bicyclic) bond motifs is 1. The van der Waals surface area contributed by atoms with E-state index in [1.54, 1.807) is 18.7 Å². The molecule has 35 heavy (non-hydrogen) atoms. The molecule has 0 unspecified atom stereocenters. The molecule has 10 heteroatoms. The predicted molar refractivity (Wildman–Crippen MR) is 139 cm³/mol. The average Bonchev–Trinajstić information content (AvgIpc) is 3.36. The molecule has 0 aliphatic heterocycles. The maximum Gasteiger partial charge on any atom is 0.295 e. The van der Waals surface area contributed by atoms with Crippen LogP contribution in [0.1, 0.15) is 12.1 Å². The van der Waals surface area contributed by atoms with Crippen molar-refractivity contribution in [3.8, 4) is 5.69 Å². The first-order chi connectivity index (χ1) is 17.0. The van der Waals surface area contributed by atoms with Crippen LogP contribution < -0.4 is 16.2 Å². The molecule has 182 valence electrons. The Labute approximate surface area is 207 Å². The lowest BCUT2D eigenvalue weighted by atomic mass is 10.3. The molecule has 4 rings (SSSR count). The van der Waals surface area contributed by atoms with E-state index in [0.29, 0.717) is 12.2 Å². The first kappa shape index (κ1) is 24.3. The van der Waals surface area contributed by atoms with Crippen LogP contribution in [0.5, 0.6) is 0 Å². The highest BCUT2D eigenvalue weighted by Gasteiger charge is 2.18. The van der Waals surface area contributed by atoms with Crippen LogP contribution in [0, 0.1) is 6.92 Å². The number of aryl methyl sites for hydroxylation is 1. The number of aromatic nitrogens is 4. The van der Waals surface area contributed by atoms with Crippen LogP contribution >= 0.6 is 11.8 Å². The van der Waals surface area contributed by atoms with E-state index in [2.05, 4.69) is 20.2 Å². The van der Waals surface area contributed by atoms with E-state index in [0.717, 1.165) is 29.7 Å². The zero-order valence-corrected chi connectivity index (χ0v) is 20.5. The molecule has 9 nitrogen and oxygen atoms in total. The van der Waals surface area contributed by atoms with Crippen LogP contribution in [0.2, 0.25) is 0 Å². The fourth-order valence-corrected chi connectivity index (χ4v) is 4.49. The van der Waals surface area contributed by atoms with Crippen molar-refractivity contribution >= 4 is 40.3 Å². The van der Waals surface area contributed by atoms with Crippen molar-refractivity contribution in [2.45, 2.75) is 19.9 Å². The Morgan fingerprint density at radius 2 is 1.71 bits per heavy atom. The van der Waals surface area contributed by atoms with E-state index in [1.165, 1.54) is 16.4 Å². The summed E-state index contributed by atoms with van der Waals surface area (Å²) in [6.45, 7) is 3.08. The summed E-state index contributed by atoms with van der Waals surface area (Å²) in [7, 11) is 1.77. The first-order valence-electron chi connectivity index (χ1n) is 11.3. The lowest BCUT2D eigenvalue weighted by Crippen LogP contribution is -2.28. The largest absolute Gasteiger partial charge is 0.355 e. The summed E-state index contributed by atoms with van der Waals surface area (Å²) in [5, 5.41) is 5.59. The standard InChI is InChI=1S/C25H28N6O3S/c1-18-24(25(34)31(29(18)2)19-9-4-3-5-10-19)28-23(33)16-35-15-22(32)26-13-8-14-30-17-27-20-11-6-7-12-21(20)30/h3-7,9-12,17H,8,13-16H2,1-2H3,(H,26,32)(H,28,33). The smallest absolute Gasteiger partial charge is 0.295 e. The molecule has 2 aromatic heterocycles. The van der Waals surface area contributed by atoms with Gasteiger partial charge in [0.1, 0.15) is 5.69 Å². The Morgan fingerprint density at radius 3 is 2.51 bits per heavy atom. The number of anilines is 1. The summed E-state index contributed by atoms with van der Waals surface area (Å²) in [5.41, 5.74) is 3.35. The van der Waals surface area contributed by atoms with Crippen molar-refractivity contribution in [3.63, 3.8) is 0 Å². The quantitative estimate of drug-likeness (QED) is 0.332. The van der Waals surface area contributed by atoms with Gasteiger partial charge in [-0.1, -0.05) is 30.3 Å². The lowest BCUT2D eigenvalue weighted by molar-refractivity contribution is -0.118. The van der Waals surface area contributed by atoms with Gasteiger partial charge in [-0.2, -0.15) is 0 Å². The van der Waals surface area contributed by atoms with E-state index in [4.69, 9.17) is 0 Å². The molecule has 0 saturated carbocycles. The van der Waals surface area contributed by atoms with Gasteiger partial charge in [0.2, 0.25) is 11.8 Å². The third kappa shape index (κ3) is 5.65. The molecule has 0 bridgehead atoms. The molecular formula is C25H28N6O3S. The molecule has 0 fully saturated rings. The normalized spacial score (nSPS) is 11.0. The number of rotatable bonds is 10. The van der Waals surface area contributed by atoms with Crippen LogP contribution in [0.25, 0.3) is 16.7 Å². The van der Waals surface area contributed by atoms with Gasteiger partial charge in [-0.05, 0) is 37.6 Å². The number of amides is 2. The summed E-state index contributed by atoms with van der Waals surface area (Å²) < 4.78 is 5.29. The minimum absolute atomic E-state index is 0.0769. The Kier molecular flexibility index (Phi) is 7.71. The van der Waals surface area contributed by atoms with Gasteiger partial charge >= 0.3 is 0 Å². The summed E-state index contributed by atoms with van der Waals surface area (Å²) in [6, 6.07) is 17.2. The van der Waals surface area contributed by atoms with E-state index < -0.39 is 0 Å². The van der Waals surface area contributed by atoms with Crippen molar-refractivity contribution < 1.29 is 9.59 Å². The Bertz CT molecular complexity index is 1390. The van der Waals surface area contributed by atoms with Crippen molar-refractivity contribution in [2.75, 3.05) is 23.4 Å². The van der Waals surface area contributed by atoms with Crippen molar-refractivity contribution in [2.24, 2.45) is 7.05 Å². The minimum atomic E-state index is -0.319. The molecule has 0 spiro atoms. The number of hydrogen-bond donors (Lipinski definition) is 2. The molecule has 4 aromatic rings. The van der Waals surface area contributed by atoms with Crippen molar-refractivity contribution in [3.05, 3.63) is 77.0 Å². The van der Waals surface area contributed by atoms with Gasteiger partial charge in [-0.15, -0.1) is 11.8 Å². The minimum Gasteiger partial charge on any atom is -0.355 e. The maximum absolute atomic E-state index is 12.9. The van der Waals surface area contributed by atoms with Crippen LogP contribution in [-0.4, -0.2) is 48.8 Å². The lowest BCUT2D eigenvalue weighted by Gasteiger charge is -2.07. The average molecular weight is 493 g/mol. The molecule has 0 aliphatic carbocycles. The second-order valence-corrected chi connectivity index (χ2v) is 9.09. The fraction of sp³-hybridized carbons (Fsp3) is 0.280. The summed E-state index contributed by atoms with van der Waals surface area (Å²) in [4.78, 5) is 41.8. The highest BCUT2D eigenvalue weighted by molar-refractivity contribution is 8.00. The molecule has 2 N–H and O–H groups in total. The number of nitrogens with one attached hydrogen (secondary N) is 2. The monoisotopic (exact) mass is 492 g/mol. The highest BCUT2D eigenvalue weighted by atomic mass is 32.2. The summed E-state index contributed by atoms with van der Waals surface area (Å²) in [5.74, 6) is -0.196. The molecule has 2 amide bonds.